The Morgan fingerprint density at radius 2 is 1.93 bits per heavy atom. The zero-order valence-electron chi connectivity index (χ0n) is 14.9. The van der Waals surface area contributed by atoms with Crippen LogP contribution in [0.25, 0.3) is 22.3 Å². The molecule has 0 unspecified atom stereocenters. The highest BCUT2D eigenvalue weighted by atomic mass is 19.1. The van der Waals surface area contributed by atoms with E-state index >= 15 is 0 Å². The first-order valence-corrected chi connectivity index (χ1v) is 8.21. The van der Waals surface area contributed by atoms with Crippen molar-refractivity contribution in [1.29, 1.82) is 0 Å². The van der Waals surface area contributed by atoms with E-state index in [4.69, 9.17) is 9.15 Å². The van der Waals surface area contributed by atoms with E-state index in [0.29, 0.717) is 10.9 Å². The van der Waals surface area contributed by atoms with Gasteiger partial charge in [-0.25, -0.2) is 4.39 Å². The van der Waals surface area contributed by atoms with Gasteiger partial charge in [-0.1, -0.05) is 0 Å². The van der Waals surface area contributed by atoms with E-state index in [1.54, 1.807) is 13.8 Å². The molecule has 0 aliphatic carbocycles. The van der Waals surface area contributed by atoms with Crippen molar-refractivity contribution in [2.24, 2.45) is 0 Å². The second-order valence-electron chi connectivity index (χ2n) is 6.13. The lowest BCUT2D eigenvalue weighted by molar-refractivity contribution is -0.385. The number of halogens is 1. The predicted molar refractivity (Wildman–Crippen MR) is 97.4 cm³/mol. The van der Waals surface area contributed by atoms with Gasteiger partial charge in [0.15, 0.2) is 5.75 Å². The van der Waals surface area contributed by atoms with Crippen LogP contribution in [0.15, 0.2) is 40.8 Å². The zero-order chi connectivity index (χ0) is 19.7. The van der Waals surface area contributed by atoms with Gasteiger partial charge in [-0.15, -0.1) is 0 Å². The summed E-state index contributed by atoms with van der Waals surface area (Å²) in [5, 5.41) is 14.3. The number of benzene rings is 2. The summed E-state index contributed by atoms with van der Waals surface area (Å²) in [6.07, 6.45) is -0.298. The first-order valence-electron chi connectivity index (χ1n) is 8.21. The Balaban J connectivity index is 2.32. The number of furan rings is 1. The van der Waals surface area contributed by atoms with Crippen LogP contribution in [0.4, 0.5) is 10.1 Å². The number of nitrogens with zero attached hydrogens (tertiary/aromatic N) is 1. The van der Waals surface area contributed by atoms with Crippen molar-refractivity contribution in [3.63, 3.8) is 0 Å². The van der Waals surface area contributed by atoms with E-state index < -0.39 is 16.6 Å². The lowest BCUT2D eigenvalue weighted by atomic mass is 10.0. The van der Waals surface area contributed by atoms with Crippen LogP contribution in [-0.2, 0) is 0 Å². The molecule has 3 rings (SSSR count). The van der Waals surface area contributed by atoms with Crippen molar-refractivity contribution < 1.29 is 23.3 Å². The van der Waals surface area contributed by atoms with E-state index in [9.17, 15) is 19.3 Å². The number of rotatable bonds is 5. The van der Waals surface area contributed by atoms with Crippen molar-refractivity contribution in [3.05, 3.63) is 57.9 Å². The summed E-state index contributed by atoms with van der Waals surface area (Å²) in [6.45, 7) is 3.49. The smallest absolute Gasteiger partial charge is 0.314 e. The van der Waals surface area contributed by atoms with E-state index in [1.807, 2.05) is 0 Å². The maximum absolute atomic E-state index is 13.2. The van der Waals surface area contributed by atoms with Crippen molar-refractivity contribution >= 4 is 22.6 Å². The van der Waals surface area contributed by atoms with Crippen molar-refractivity contribution in [1.82, 2.24) is 5.32 Å². The van der Waals surface area contributed by atoms with Crippen LogP contribution < -0.4 is 10.1 Å². The fourth-order valence-corrected chi connectivity index (χ4v) is 2.76. The maximum Gasteiger partial charge on any atom is 0.314 e. The largest absolute Gasteiger partial charge is 0.484 e. The number of hydrogen-bond donors (Lipinski definition) is 1. The van der Waals surface area contributed by atoms with Crippen LogP contribution in [0.3, 0.4) is 0 Å². The Kier molecular flexibility index (Phi) is 4.81. The Morgan fingerprint density at radius 3 is 2.48 bits per heavy atom. The van der Waals surface area contributed by atoms with Crippen LogP contribution in [-0.4, -0.2) is 24.0 Å². The monoisotopic (exact) mass is 372 g/mol. The van der Waals surface area contributed by atoms with Gasteiger partial charge in [-0.05, 0) is 44.2 Å². The lowest BCUT2D eigenvalue weighted by Crippen LogP contribution is -2.18. The number of nitro benzene ring substituents is 1. The summed E-state index contributed by atoms with van der Waals surface area (Å²) in [5.74, 6) is -0.628. The first kappa shape index (κ1) is 18.4. The molecular weight excluding hydrogens is 355 g/mol. The van der Waals surface area contributed by atoms with Gasteiger partial charge < -0.3 is 14.5 Å². The van der Waals surface area contributed by atoms with Crippen LogP contribution in [0.5, 0.6) is 5.75 Å². The molecule has 140 valence electrons. The van der Waals surface area contributed by atoms with Gasteiger partial charge >= 0.3 is 5.69 Å². The third-order valence-electron chi connectivity index (χ3n) is 3.89. The molecule has 0 saturated heterocycles. The van der Waals surface area contributed by atoms with E-state index in [0.717, 1.165) is 0 Å². The summed E-state index contributed by atoms with van der Waals surface area (Å²) < 4.78 is 24.6. The predicted octanol–water partition coefficient (Wildman–Crippen LogP) is 4.29. The van der Waals surface area contributed by atoms with E-state index in [2.05, 4.69) is 5.32 Å². The summed E-state index contributed by atoms with van der Waals surface area (Å²) in [4.78, 5) is 23.3. The van der Waals surface area contributed by atoms with Crippen molar-refractivity contribution in [3.8, 4) is 17.1 Å². The molecule has 27 heavy (non-hydrogen) atoms. The van der Waals surface area contributed by atoms with Gasteiger partial charge in [0.1, 0.15) is 17.2 Å². The molecule has 3 aromatic rings. The molecular formula is C19H17FN2O5. The summed E-state index contributed by atoms with van der Waals surface area (Å²) in [7, 11) is 1.46. The quantitative estimate of drug-likeness (QED) is 0.532. The highest BCUT2D eigenvalue weighted by molar-refractivity contribution is 6.11. The van der Waals surface area contributed by atoms with Crippen LogP contribution >= 0.6 is 0 Å². The minimum atomic E-state index is -0.573. The number of carbonyl (C=O) groups is 1. The molecule has 1 N–H and O–H groups in total. The van der Waals surface area contributed by atoms with Gasteiger partial charge in [-0.2, -0.15) is 0 Å². The Hall–Kier alpha value is -3.42. The van der Waals surface area contributed by atoms with Gasteiger partial charge in [-0.3, -0.25) is 14.9 Å². The van der Waals surface area contributed by atoms with Gasteiger partial charge in [0.05, 0.1) is 22.7 Å². The third-order valence-corrected chi connectivity index (χ3v) is 3.89. The van der Waals surface area contributed by atoms with Crippen molar-refractivity contribution in [2.75, 3.05) is 7.05 Å². The fraction of sp³-hybridized carbons (Fsp3) is 0.211. The van der Waals surface area contributed by atoms with Crippen LogP contribution in [0.1, 0.15) is 24.2 Å². The highest BCUT2D eigenvalue weighted by Gasteiger charge is 2.26. The second-order valence-corrected chi connectivity index (χ2v) is 6.13. The lowest BCUT2D eigenvalue weighted by Gasteiger charge is -2.10. The minimum Gasteiger partial charge on any atom is -0.484 e. The summed E-state index contributed by atoms with van der Waals surface area (Å²) in [6, 6.07) is 8.08. The number of nitrogens with one attached hydrogen (secondary N) is 1. The van der Waals surface area contributed by atoms with Gasteiger partial charge in [0, 0.05) is 18.0 Å². The zero-order valence-corrected chi connectivity index (χ0v) is 14.9. The number of amides is 1. The molecule has 0 bridgehead atoms. The Labute approximate surface area is 153 Å². The molecule has 2 aromatic carbocycles. The first-order chi connectivity index (χ1) is 12.8. The molecule has 0 saturated carbocycles. The summed E-state index contributed by atoms with van der Waals surface area (Å²) in [5.41, 5.74) is 0.567. The number of ether oxygens (including phenoxy) is 1. The average Bonchev–Trinajstić information content (AvgIpc) is 2.98. The standard InChI is InChI=1S/C19H17FN2O5/c1-10(2)26-16-8-13-15(9-14(16)22(24)25)27-18(17(13)19(23)21-3)11-4-6-12(20)7-5-11/h4-10H,1-3H3,(H,21,23). The van der Waals surface area contributed by atoms with Crippen LogP contribution in [0, 0.1) is 15.9 Å². The normalized spacial score (nSPS) is 11.0. The van der Waals surface area contributed by atoms with E-state index in [1.165, 1.54) is 43.4 Å². The number of hydrogen-bond acceptors (Lipinski definition) is 5. The van der Waals surface area contributed by atoms with Gasteiger partial charge in [0.2, 0.25) is 0 Å². The Morgan fingerprint density at radius 1 is 1.26 bits per heavy atom. The average molecular weight is 372 g/mol. The Bertz CT molecular complexity index is 1020. The molecule has 7 nitrogen and oxygen atoms in total. The number of nitro groups is 1. The molecule has 0 atom stereocenters. The molecule has 0 spiro atoms. The third kappa shape index (κ3) is 3.46. The number of carbonyl (C=O) groups excluding carboxylic acids is 1. The highest BCUT2D eigenvalue weighted by Crippen LogP contribution is 2.40. The molecule has 1 aromatic heterocycles. The van der Waals surface area contributed by atoms with E-state index in [-0.39, 0.29) is 34.4 Å². The second kappa shape index (κ2) is 7.06. The minimum absolute atomic E-state index is 0.0408. The molecule has 1 heterocycles. The SMILES string of the molecule is CNC(=O)c1c(-c2ccc(F)cc2)oc2cc([N+](=O)[O-])c(OC(C)C)cc12. The molecule has 1 amide bonds. The molecule has 0 aliphatic heterocycles. The molecule has 0 aliphatic rings. The fourth-order valence-electron chi connectivity index (χ4n) is 2.76. The molecule has 0 radical (unpaired) electrons. The summed E-state index contributed by atoms with van der Waals surface area (Å²) >= 11 is 0. The van der Waals surface area contributed by atoms with Gasteiger partial charge in [0.25, 0.3) is 5.91 Å². The topological polar surface area (TPSA) is 94.6 Å². The molecule has 8 heteroatoms. The molecule has 0 fully saturated rings. The van der Waals surface area contributed by atoms with Crippen LogP contribution in [0.2, 0.25) is 0 Å². The van der Waals surface area contributed by atoms with Crippen molar-refractivity contribution in [2.45, 2.75) is 20.0 Å². The number of fused-ring (bicyclic) bond motifs is 1. The maximum atomic E-state index is 13.2.